The van der Waals surface area contributed by atoms with E-state index >= 15 is 0 Å². The van der Waals surface area contributed by atoms with Crippen molar-refractivity contribution in [2.24, 2.45) is 5.92 Å². The molecule has 0 saturated heterocycles. The van der Waals surface area contributed by atoms with Crippen LogP contribution in [0.5, 0.6) is 0 Å². The second kappa shape index (κ2) is 5.48. The number of hydrogen-bond acceptors (Lipinski definition) is 2. The van der Waals surface area contributed by atoms with Gasteiger partial charge in [-0.25, -0.2) is 0 Å². The Labute approximate surface area is 117 Å². The van der Waals surface area contributed by atoms with Crippen molar-refractivity contribution >= 4 is 37.5 Å². The molecule has 92 valence electrons. The van der Waals surface area contributed by atoms with Crippen LogP contribution in [0, 0.1) is 16.0 Å². The van der Waals surface area contributed by atoms with Crippen molar-refractivity contribution in [3.8, 4) is 0 Å². The van der Waals surface area contributed by atoms with Gasteiger partial charge in [-0.3, -0.25) is 10.1 Å². The standard InChI is InChI=1S/C12H13Br2NO2/c13-10(8-4-5-8)7-6-9-2-1-3-11(12(9)14)15(16)17/h1-3,8,10H,4-7H2. The van der Waals surface area contributed by atoms with Gasteiger partial charge in [-0.15, -0.1) is 0 Å². The van der Waals surface area contributed by atoms with Gasteiger partial charge in [0.05, 0.1) is 9.40 Å². The molecule has 2 rings (SSSR count). The average Bonchev–Trinajstić information content (AvgIpc) is 3.10. The minimum Gasteiger partial charge on any atom is -0.258 e. The highest BCUT2D eigenvalue weighted by molar-refractivity contribution is 9.10. The molecule has 0 N–H and O–H groups in total. The lowest BCUT2D eigenvalue weighted by molar-refractivity contribution is -0.385. The molecule has 1 fully saturated rings. The van der Waals surface area contributed by atoms with E-state index in [1.54, 1.807) is 6.07 Å². The van der Waals surface area contributed by atoms with Gasteiger partial charge in [0.25, 0.3) is 5.69 Å². The van der Waals surface area contributed by atoms with E-state index in [4.69, 9.17) is 0 Å². The average molecular weight is 363 g/mol. The molecule has 0 amide bonds. The molecular formula is C12H13Br2NO2. The fourth-order valence-electron chi connectivity index (χ4n) is 1.89. The molecule has 1 atom stereocenters. The summed E-state index contributed by atoms with van der Waals surface area (Å²) in [4.78, 5) is 11.0. The van der Waals surface area contributed by atoms with Gasteiger partial charge in [0.2, 0.25) is 0 Å². The highest BCUT2D eigenvalue weighted by atomic mass is 79.9. The Morgan fingerprint density at radius 3 is 2.76 bits per heavy atom. The van der Waals surface area contributed by atoms with Crippen molar-refractivity contribution < 1.29 is 4.92 Å². The third kappa shape index (κ3) is 3.28. The summed E-state index contributed by atoms with van der Waals surface area (Å²) < 4.78 is 0.625. The first-order valence-electron chi connectivity index (χ1n) is 5.65. The quantitative estimate of drug-likeness (QED) is 0.440. The number of nitrogens with zero attached hydrogens (tertiary/aromatic N) is 1. The van der Waals surface area contributed by atoms with Crippen LogP contribution in [0.3, 0.4) is 0 Å². The number of aryl methyl sites for hydroxylation is 1. The minimum absolute atomic E-state index is 0.153. The summed E-state index contributed by atoms with van der Waals surface area (Å²) in [6.45, 7) is 0. The van der Waals surface area contributed by atoms with E-state index in [0.717, 1.165) is 24.3 Å². The van der Waals surface area contributed by atoms with Crippen LogP contribution in [0.1, 0.15) is 24.8 Å². The first-order chi connectivity index (χ1) is 8.09. The molecule has 0 heterocycles. The van der Waals surface area contributed by atoms with E-state index in [-0.39, 0.29) is 10.6 Å². The van der Waals surface area contributed by atoms with Gasteiger partial charge in [-0.1, -0.05) is 28.1 Å². The maximum Gasteiger partial charge on any atom is 0.283 e. The fraction of sp³-hybridized carbons (Fsp3) is 0.500. The third-order valence-electron chi connectivity index (χ3n) is 3.08. The number of nitro groups is 1. The molecule has 3 nitrogen and oxygen atoms in total. The molecule has 0 radical (unpaired) electrons. The van der Waals surface area contributed by atoms with E-state index in [9.17, 15) is 10.1 Å². The summed E-state index contributed by atoms with van der Waals surface area (Å²) in [5.74, 6) is 0.812. The molecule has 1 aromatic carbocycles. The SMILES string of the molecule is O=[N+]([O-])c1cccc(CCC(Br)C2CC2)c1Br. The van der Waals surface area contributed by atoms with Gasteiger partial charge in [-0.2, -0.15) is 0 Å². The second-order valence-corrected chi connectivity index (χ2v) is 6.37. The zero-order chi connectivity index (χ0) is 12.4. The molecule has 1 aromatic rings. The Morgan fingerprint density at radius 2 is 2.18 bits per heavy atom. The van der Waals surface area contributed by atoms with E-state index < -0.39 is 0 Å². The van der Waals surface area contributed by atoms with Crippen molar-refractivity contribution in [2.45, 2.75) is 30.5 Å². The van der Waals surface area contributed by atoms with Crippen molar-refractivity contribution in [2.75, 3.05) is 0 Å². The molecular weight excluding hydrogens is 350 g/mol. The van der Waals surface area contributed by atoms with Crippen molar-refractivity contribution in [3.63, 3.8) is 0 Å². The van der Waals surface area contributed by atoms with Gasteiger partial charge >= 0.3 is 0 Å². The molecule has 0 aliphatic heterocycles. The fourth-order valence-corrected chi connectivity index (χ4v) is 3.25. The molecule has 1 unspecified atom stereocenters. The second-order valence-electron chi connectivity index (χ2n) is 4.40. The monoisotopic (exact) mass is 361 g/mol. The molecule has 0 spiro atoms. The Kier molecular flexibility index (Phi) is 4.20. The molecule has 1 aliphatic rings. The van der Waals surface area contributed by atoms with Gasteiger partial charge < -0.3 is 0 Å². The largest absolute Gasteiger partial charge is 0.283 e. The third-order valence-corrected chi connectivity index (χ3v) is 5.20. The molecule has 5 heteroatoms. The van der Waals surface area contributed by atoms with E-state index in [1.807, 2.05) is 6.07 Å². The highest BCUT2D eigenvalue weighted by Crippen LogP contribution is 2.39. The maximum atomic E-state index is 10.8. The van der Waals surface area contributed by atoms with Crippen molar-refractivity contribution in [1.82, 2.24) is 0 Å². The highest BCUT2D eigenvalue weighted by Gasteiger charge is 2.29. The predicted molar refractivity (Wildman–Crippen MR) is 74.6 cm³/mol. The normalized spacial score (nSPS) is 16.8. The van der Waals surface area contributed by atoms with Crippen LogP contribution in [0.15, 0.2) is 22.7 Å². The van der Waals surface area contributed by atoms with Crippen molar-refractivity contribution in [3.05, 3.63) is 38.3 Å². The van der Waals surface area contributed by atoms with Crippen LogP contribution in [-0.2, 0) is 6.42 Å². The topological polar surface area (TPSA) is 43.1 Å². The molecule has 17 heavy (non-hydrogen) atoms. The van der Waals surface area contributed by atoms with Gasteiger partial charge in [0.15, 0.2) is 0 Å². The Bertz CT molecular complexity index is 433. The Morgan fingerprint density at radius 1 is 1.47 bits per heavy atom. The van der Waals surface area contributed by atoms with Gasteiger partial charge in [0.1, 0.15) is 0 Å². The lowest BCUT2D eigenvalue weighted by Gasteiger charge is -2.09. The van der Waals surface area contributed by atoms with Crippen LogP contribution in [0.4, 0.5) is 5.69 Å². The summed E-state index contributed by atoms with van der Waals surface area (Å²) in [7, 11) is 0. The summed E-state index contributed by atoms with van der Waals surface area (Å²) >= 11 is 7.01. The summed E-state index contributed by atoms with van der Waals surface area (Å²) in [5, 5.41) is 10.8. The Balaban J connectivity index is 2.04. The predicted octanol–water partition coefficient (Wildman–Crippen LogP) is 4.46. The van der Waals surface area contributed by atoms with E-state index in [0.29, 0.717) is 9.30 Å². The molecule has 1 aliphatic carbocycles. The lowest BCUT2D eigenvalue weighted by Crippen LogP contribution is -2.03. The Hall–Kier alpha value is -0.420. The van der Waals surface area contributed by atoms with Crippen LogP contribution in [0.25, 0.3) is 0 Å². The smallest absolute Gasteiger partial charge is 0.258 e. The number of halogens is 2. The first kappa shape index (κ1) is 13.0. The number of rotatable bonds is 5. The first-order valence-corrected chi connectivity index (χ1v) is 7.36. The molecule has 1 saturated carbocycles. The summed E-state index contributed by atoms with van der Waals surface area (Å²) in [6, 6.07) is 5.22. The summed E-state index contributed by atoms with van der Waals surface area (Å²) in [5.41, 5.74) is 1.17. The molecule has 0 bridgehead atoms. The number of nitro benzene ring substituents is 1. The molecule has 0 aromatic heterocycles. The zero-order valence-electron chi connectivity index (χ0n) is 9.23. The lowest BCUT2D eigenvalue weighted by atomic mass is 10.1. The van der Waals surface area contributed by atoms with Gasteiger partial charge in [0, 0.05) is 10.9 Å². The van der Waals surface area contributed by atoms with E-state index in [1.165, 1.54) is 18.9 Å². The van der Waals surface area contributed by atoms with Crippen LogP contribution in [0.2, 0.25) is 0 Å². The zero-order valence-corrected chi connectivity index (χ0v) is 12.4. The number of benzene rings is 1. The van der Waals surface area contributed by atoms with E-state index in [2.05, 4.69) is 31.9 Å². The number of alkyl halides is 1. The van der Waals surface area contributed by atoms with Crippen molar-refractivity contribution in [1.29, 1.82) is 0 Å². The van der Waals surface area contributed by atoms with Crippen LogP contribution >= 0.6 is 31.9 Å². The number of hydrogen-bond donors (Lipinski definition) is 0. The summed E-state index contributed by atoms with van der Waals surface area (Å²) in [6.07, 6.45) is 4.52. The van der Waals surface area contributed by atoms with Crippen LogP contribution in [-0.4, -0.2) is 9.75 Å². The van der Waals surface area contributed by atoms with Gasteiger partial charge in [-0.05, 0) is 53.1 Å². The minimum atomic E-state index is -0.347. The van der Waals surface area contributed by atoms with Crippen LogP contribution < -0.4 is 0 Å². The maximum absolute atomic E-state index is 10.8.